The lowest BCUT2D eigenvalue weighted by Gasteiger charge is -2.06. The standard InChI is InChI=1S/C18H15BrO4/c1-22-16-5-2-11(9-15(16)20)8-12-6-7-23-17-10-13(19)3-4-14(17)18(12)21/h2-5,8-10,20H,6-7H2,1H3/b12-8-. The number of carbonyl (C=O) groups excluding carboxylic acids is 1. The van der Waals surface area contributed by atoms with Crippen molar-refractivity contribution in [3.05, 3.63) is 57.6 Å². The largest absolute Gasteiger partial charge is 0.504 e. The highest BCUT2D eigenvalue weighted by molar-refractivity contribution is 9.10. The van der Waals surface area contributed by atoms with Crippen LogP contribution in [0.15, 0.2) is 46.4 Å². The summed E-state index contributed by atoms with van der Waals surface area (Å²) in [5.74, 6) is 0.979. The van der Waals surface area contributed by atoms with Gasteiger partial charge in [-0.1, -0.05) is 22.0 Å². The van der Waals surface area contributed by atoms with Crippen LogP contribution in [0.5, 0.6) is 17.2 Å². The van der Waals surface area contributed by atoms with E-state index >= 15 is 0 Å². The van der Waals surface area contributed by atoms with Crippen molar-refractivity contribution in [2.45, 2.75) is 6.42 Å². The Balaban J connectivity index is 1.98. The van der Waals surface area contributed by atoms with Crippen molar-refractivity contribution in [3.8, 4) is 17.2 Å². The number of benzene rings is 2. The van der Waals surface area contributed by atoms with Gasteiger partial charge >= 0.3 is 0 Å². The Labute approximate surface area is 142 Å². The van der Waals surface area contributed by atoms with Gasteiger partial charge in [0.15, 0.2) is 17.3 Å². The van der Waals surface area contributed by atoms with Gasteiger partial charge in [-0.3, -0.25) is 4.79 Å². The molecular weight excluding hydrogens is 360 g/mol. The molecule has 0 saturated carbocycles. The van der Waals surface area contributed by atoms with Crippen LogP contribution in [0, 0.1) is 0 Å². The SMILES string of the molecule is COc1ccc(/C=C2/CCOc3cc(Br)ccc3C2=O)cc1O. The quantitative estimate of drug-likeness (QED) is 0.799. The lowest BCUT2D eigenvalue weighted by atomic mass is 9.99. The van der Waals surface area contributed by atoms with Crippen molar-refractivity contribution >= 4 is 27.8 Å². The van der Waals surface area contributed by atoms with E-state index in [9.17, 15) is 9.90 Å². The highest BCUT2D eigenvalue weighted by Crippen LogP contribution is 2.32. The molecule has 0 aliphatic carbocycles. The van der Waals surface area contributed by atoms with Gasteiger partial charge in [0.2, 0.25) is 0 Å². The molecule has 118 valence electrons. The molecule has 0 spiro atoms. The zero-order valence-corrected chi connectivity index (χ0v) is 14.1. The molecule has 4 nitrogen and oxygen atoms in total. The van der Waals surface area contributed by atoms with E-state index in [1.165, 1.54) is 7.11 Å². The molecule has 0 aromatic heterocycles. The monoisotopic (exact) mass is 374 g/mol. The first-order valence-electron chi connectivity index (χ1n) is 7.13. The number of fused-ring (bicyclic) bond motifs is 1. The Morgan fingerprint density at radius 1 is 1.26 bits per heavy atom. The number of rotatable bonds is 2. The lowest BCUT2D eigenvalue weighted by Crippen LogP contribution is -2.02. The van der Waals surface area contributed by atoms with E-state index in [0.717, 1.165) is 10.0 Å². The average molecular weight is 375 g/mol. The van der Waals surface area contributed by atoms with Crippen LogP contribution in [-0.2, 0) is 0 Å². The number of Topliss-reactive ketones (excluding diaryl/α,β-unsaturated/α-hetero) is 1. The number of ether oxygens (including phenoxy) is 2. The van der Waals surface area contributed by atoms with Crippen LogP contribution in [-0.4, -0.2) is 24.6 Å². The van der Waals surface area contributed by atoms with E-state index in [0.29, 0.717) is 35.7 Å². The zero-order valence-electron chi connectivity index (χ0n) is 12.5. The topological polar surface area (TPSA) is 55.8 Å². The third-order valence-electron chi connectivity index (χ3n) is 3.65. The number of hydrogen-bond acceptors (Lipinski definition) is 4. The smallest absolute Gasteiger partial charge is 0.192 e. The van der Waals surface area contributed by atoms with Crippen molar-refractivity contribution in [1.29, 1.82) is 0 Å². The Hall–Kier alpha value is -2.27. The third kappa shape index (κ3) is 3.24. The number of halogens is 1. The van der Waals surface area contributed by atoms with Gasteiger partial charge in [0.05, 0.1) is 19.3 Å². The minimum absolute atomic E-state index is 0.0449. The van der Waals surface area contributed by atoms with E-state index in [1.807, 2.05) is 6.07 Å². The van der Waals surface area contributed by atoms with Gasteiger partial charge in [-0.2, -0.15) is 0 Å². The van der Waals surface area contributed by atoms with Gasteiger partial charge in [-0.05, 0) is 42.0 Å². The maximum Gasteiger partial charge on any atom is 0.192 e. The van der Waals surface area contributed by atoms with Gasteiger partial charge < -0.3 is 14.6 Å². The van der Waals surface area contributed by atoms with Gasteiger partial charge in [-0.15, -0.1) is 0 Å². The number of carbonyl (C=O) groups is 1. The van der Waals surface area contributed by atoms with Gasteiger partial charge in [0.1, 0.15) is 5.75 Å². The van der Waals surface area contributed by atoms with Crippen molar-refractivity contribution in [2.75, 3.05) is 13.7 Å². The van der Waals surface area contributed by atoms with Crippen LogP contribution < -0.4 is 9.47 Å². The van der Waals surface area contributed by atoms with Gasteiger partial charge in [0.25, 0.3) is 0 Å². The molecule has 23 heavy (non-hydrogen) atoms. The highest BCUT2D eigenvalue weighted by Gasteiger charge is 2.21. The van der Waals surface area contributed by atoms with E-state index < -0.39 is 0 Å². The summed E-state index contributed by atoms with van der Waals surface area (Å²) >= 11 is 3.38. The van der Waals surface area contributed by atoms with Crippen LogP contribution in [0.4, 0.5) is 0 Å². The first kappa shape index (κ1) is 15.6. The summed E-state index contributed by atoms with van der Waals surface area (Å²) in [6, 6.07) is 10.4. The molecule has 0 fully saturated rings. The Morgan fingerprint density at radius 2 is 2.09 bits per heavy atom. The molecule has 0 radical (unpaired) electrons. The van der Waals surface area contributed by atoms with E-state index in [2.05, 4.69) is 15.9 Å². The van der Waals surface area contributed by atoms with Crippen molar-refractivity contribution in [2.24, 2.45) is 0 Å². The number of hydrogen-bond donors (Lipinski definition) is 1. The minimum atomic E-state index is -0.0553. The average Bonchev–Trinajstić information content (AvgIpc) is 2.67. The Kier molecular flexibility index (Phi) is 4.39. The number of methoxy groups -OCH3 is 1. The van der Waals surface area contributed by atoms with E-state index in [1.54, 1.807) is 36.4 Å². The molecule has 2 aromatic rings. The molecule has 5 heteroatoms. The van der Waals surface area contributed by atoms with Crippen LogP contribution in [0.1, 0.15) is 22.3 Å². The molecular formula is C18H15BrO4. The van der Waals surface area contributed by atoms with Crippen LogP contribution in [0.25, 0.3) is 6.08 Å². The van der Waals surface area contributed by atoms with Crippen LogP contribution in [0.2, 0.25) is 0 Å². The Morgan fingerprint density at radius 3 is 2.83 bits per heavy atom. The second-order valence-electron chi connectivity index (χ2n) is 5.17. The molecule has 1 aliphatic heterocycles. The fraction of sp³-hybridized carbons (Fsp3) is 0.167. The minimum Gasteiger partial charge on any atom is -0.504 e. The number of phenols is 1. The molecule has 0 bridgehead atoms. The molecule has 1 aliphatic rings. The molecule has 0 amide bonds. The molecule has 3 rings (SSSR count). The summed E-state index contributed by atoms with van der Waals surface area (Å²) in [5.41, 5.74) is 1.94. The predicted octanol–water partition coefficient (Wildman–Crippen LogP) is 4.21. The number of ketones is 1. The van der Waals surface area contributed by atoms with Crippen molar-refractivity contribution in [1.82, 2.24) is 0 Å². The molecule has 0 atom stereocenters. The number of aromatic hydroxyl groups is 1. The summed E-state index contributed by atoms with van der Waals surface area (Å²) in [5, 5.41) is 9.86. The van der Waals surface area contributed by atoms with Crippen molar-refractivity contribution in [3.63, 3.8) is 0 Å². The van der Waals surface area contributed by atoms with Gasteiger partial charge in [-0.25, -0.2) is 0 Å². The Bertz CT molecular complexity index is 796. The second kappa shape index (κ2) is 6.46. The van der Waals surface area contributed by atoms with Gasteiger partial charge in [0, 0.05) is 16.5 Å². The molecule has 0 unspecified atom stereocenters. The lowest BCUT2D eigenvalue weighted by molar-refractivity contribution is 0.103. The van der Waals surface area contributed by atoms with E-state index in [4.69, 9.17) is 9.47 Å². The molecule has 0 saturated heterocycles. The van der Waals surface area contributed by atoms with Crippen LogP contribution in [0.3, 0.4) is 0 Å². The normalized spacial score (nSPS) is 15.7. The summed E-state index contributed by atoms with van der Waals surface area (Å²) in [6.07, 6.45) is 2.29. The summed E-state index contributed by atoms with van der Waals surface area (Å²) in [7, 11) is 1.49. The molecule has 1 N–H and O–H groups in total. The fourth-order valence-electron chi connectivity index (χ4n) is 2.50. The zero-order chi connectivity index (χ0) is 16.4. The maximum absolute atomic E-state index is 12.7. The maximum atomic E-state index is 12.7. The first-order chi connectivity index (χ1) is 11.1. The predicted molar refractivity (Wildman–Crippen MR) is 91.2 cm³/mol. The fourth-order valence-corrected chi connectivity index (χ4v) is 2.84. The summed E-state index contributed by atoms with van der Waals surface area (Å²) in [6.45, 7) is 0.434. The van der Waals surface area contributed by atoms with Crippen LogP contribution >= 0.6 is 15.9 Å². The third-order valence-corrected chi connectivity index (χ3v) is 4.15. The van der Waals surface area contributed by atoms with Crippen molar-refractivity contribution < 1.29 is 19.4 Å². The summed E-state index contributed by atoms with van der Waals surface area (Å²) in [4.78, 5) is 12.7. The first-order valence-corrected chi connectivity index (χ1v) is 7.92. The highest BCUT2D eigenvalue weighted by atomic mass is 79.9. The molecule has 2 aromatic carbocycles. The molecule has 1 heterocycles. The number of phenolic OH excluding ortho intramolecular Hbond substituents is 1. The second-order valence-corrected chi connectivity index (χ2v) is 6.08. The summed E-state index contributed by atoms with van der Waals surface area (Å²) < 4.78 is 11.6. The van der Waals surface area contributed by atoms with E-state index in [-0.39, 0.29) is 11.5 Å².